The van der Waals surface area contributed by atoms with Crippen molar-refractivity contribution in [2.75, 3.05) is 18.7 Å². The zero-order valence-corrected chi connectivity index (χ0v) is 11.8. The lowest BCUT2D eigenvalue weighted by Gasteiger charge is -2.06. The Balaban J connectivity index is 2.19. The van der Waals surface area contributed by atoms with E-state index >= 15 is 0 Å². The van der Waals surface area contributed by atoms with E-state index in [0.29, 0.717) is 5.69 Å². The number of rotatable bonds is 4. The molecule has 6 heteroatoms. The molecule has 0 fully saturated rings. The predicted molar refractivity (Wildman–Crippen MR) is 77.7 cm³/mol. The maximum Gasteiger partial charge on any atom is 0.291 e. The predicted octanol–water partition coefficient (Wildman–Crippen LogP) is 2.62. The lowest BCUT2D eigenvalue weighted by molar-refractivity contribution is 0.0993. The molecule has 0 saturated carbocycles. The monoisotopic (exact) mass is 291 g/mol. The van der Waals surface area contributed by atoms with Gasteiger partial charge in [0.15, 0.2) is 5.76 Å². The molecule has 0 atom stereocenters. The summed E-state index contributed by atoms with van der Waals surface area (Å²) in [4.78, 5) is 24.6. The summed E-state index contributed by atoms with van der Waals surface area (Å²) in [5, 5.41) is 2.67. The molecule has 1 aromatic heterocycles. The Morgan fingerprint density at radius 3 is 2.80 bits per heavy atom. The topological polar surface area (TPSA) is 68.5 Å². The van der Waals surface area contributed by atoms with Crippen LogP contribution < -0.4 is 15.5 Å². The standard InChI is InChI=1S/C14H13NO4S/c1-18-13-8-19-12(7-11(13)16)14(17)15-9-4-3-5-10(6-9)20-2/h3-8H,1-2H3,(H,15,17). The molecular weight excluding hydrogens is 278 g/mol. The molecule has 1 heterocycles. The highest BCUT2D eigenvalue weighted by molar-refractivity contribution is 7.98. The van der Waals surface area contributed by atoms with Crippen molar-refractivity contribution in [3.05, 3.63) is 52.6 Å². The molecule has 0 bridgehead atoms. The van der Waals surface area contributed by atoms with Gasteiger partial charge in [0.25, 0.3) is 5.91 Å². The van der Waals surface area contributed by atoms with E-state index in [9.17, 15) is 9.59 Å². The van der Waals surface area contributed by atoms with E-state index in [1.165, 1.54) is 7.11 Å². The van der Waals surface area contributed by atoms with E-state index in [1.807, 2.05) is 24.5 Å². The summed E-state index contributed by atoms with van der Waals surface area (Å²) >= 11 is 1.57. The fraction of sp³-hybridized carbons (Fsp3) is 0.143. The first-order valence-electron chi connectivity index (χ1n) is 5.76. The second kappa shape index (κ2) is 6.29. The Kier molecular flexibility index (Phi) is 4.47. The molecule has 0 spiro atoms. The van der Waals surface area contributed by atoms with Gasteiger partial charge in [-0.15, -0.1) is 11.8 Å². The molecule has 5 nitrogen and oxygen atoms in total. The summed E-state index contributed by atoms with van der Waals surface area (Å²) < 4.78 is 9.87. The van der Waals surface area contributed by atoms with Gasteiger partial charge < -0.3 is 14.5 Å². The van der Waals surface area contributed by atoms with Crippen LogP contribution in [-0.2, 0) is 0 Å². The number of anilines is 1. The van der Waals surface area contributed by atoms with Gasteiger partial charge in [-0.3, -0.25) is 9.59 Å². The summed E-state index contributed by atoms with van der Waals surface area (Å²) in [6, 6.07) is 8.48. The normalized spacial score (nSPS) is 10.1. The molecular formula is C14H13NO4S. The van der Waals surface area contributed by atoms with Crippen LogP contribution in [0.25, 0.3) is 0 Å². The van der Waals surface area contributed by atoms with Gasteiger partial charge in [0.05, 0.1) is 7.11 Å². The number of carbonyl (C=O) groups is 1. The van der Waals surface area contributed by atoms with Crippen molar-refractivity contribution in [3.63, 3.8) is 0 Å². The lowest BCUT2D eigenvalue weighted by Crippen LogP contribution is -2.15. The van der Waals surface area contributed by atoms with Gasteiger partial charge in [0, 0.05) is 16.6 Å². The fourth-order valence-corrected chi connectivity index (χ4v) is 2.02. The quantitative estimate of drug-likeness (QED) is 0.877. The van der Waals surface area contributed by atoms with Gasteiger partial charge in [-0.25, -0.2) is 0 Å². The van der Waals surface area contributed by atoms with Crippen molar-refractivity contribution in [1.29, 1.82) is 0 Å². The third-order valence-electron chi connectivity index (χ3n) is 2.57. The van der Waals surface area contributed by atoms with Crippen LogP contribution in [0.4, 0.5) is 5.69 Å². The summed E-state index contributed by atoms with van der Waals surface area (Å²) in [7, 11) is 1.36. The SMILES string of the molecule is COc1coc(C(=O)Nc2cccc(SC)c2)cc1=O. The van der Waals surface area contributed by atoms with E-state index in [2.05, 4.69) is 5.32 Å². The molecule has 1 aromatic carbocycles. The van der Waals surface area contributed by atoms with Gasteiger partial charge in [-0.05, 0) is 24.5 Å². The Hall–Kier alpha value is -2.21. The lowest BCUT2D eigenvalue weighted by atomic mass is 10.3. The molecule has 0 aliphatic heterocycles. The highest BCUT2D eigenvalue weighted by atomic mass is 32.2. The largest absolute Gasteiger partial charge is 0.490 e. The summed E-state index contributed by atoms with van der Waals surface area (Å²) in [6.07, 6.45) is 3.07. The minimum atomic E-state index is -0.483. The summed E-state index contributed by atoms with van der Waals surface area (Å²) in [6.45, 7) is 0. The van der Waals surface area contributed by atoms with Crippen molar-refractivity contribution in [3.8, 4) is 5.75 Å². The average Bonchev–Trinajstić information content (AvgIpc) is 2.47. The van der Waals surface area contributed by atoms with Gasteiger partial charge in [-0.1, -0.05) is 6.07 Å². The van der Waals surface area contributed by atoms with Crippen molar-refractivity contribution >= 4 is 23.4 Å². The molecule has 0 unspecified atom stereocenters. The molecule has 0 radical (unpaired) electrons. The van der Waals surface area contributed by atoms with Crippen molar-refractivity contribution < 1.29 is 13.9 Å². The summed E-state index contributed by atoms with van der Waals surface area (Å²) in [5.41, 5.74) is 0.238. The maximum atomic E-state index is 12.0. The minimum Gasteiger partial charge on any atom is -0.490 e. The van der Waals surface area contributed by atoms with Crippen LogP contribution in [-0.4, -0.2) is 19.3 Å². The molecule has 2 rings (SSSR count). The van der Waals surface area contributed by atoms with E-state index in [1.54, 1.807) is 17.8 Å². The molecule has 2 aromatic rings. The van der Waals surface area contributed by atoms with Crippen molar-refractivity contribution in [2.45, 2.75) is 4.90 Å². The Bertz CT molecular complexity index is 681. The number of benzene rings is 1. The van der Waals surface area contributed by atoms with Gasteiger partial charge in [-0.2, -0.15) is 0 Å². The first kappa shape index (κ1) is 14.2. The van der Waals surface area contributed by atoms with Gasteiger partial charge in [0.2, 0.25) is 11.2 Å². The third-order valence-corrected chi connectivity index (χ3v) is 3.29. The zero-order chi connectivity index (χ0) is 14.5. The van der Waals surface area contributed by atoms with Crippen LogP contribution in [0, 0.1) is 0 Å². The first-order chi connectivity index (χ1) is 9.63. The average molecular weight is 291 g/mol. The van der Waals surface area contributed by atoms with E-state index in [0.717, 1.165) is 17.2 Å². The number of methoxy groups -OCH3 is 1. The maximum absolute atomic E-state index is 12.0. The van der Waals surface area contributed by atoms with Crippen LogP contribution in [0.5, 0.6) is 5.75 Å². The van der Waals surface area contributed by atoms with Crippen LogP contribution in [0.15, 0.2) is 50.7 Å². The number of hydrogen-bond acceptors (Lipinski definition) is 5. The van der Waals surface area contributed by atoms with E-state index in [-0.39, 0.29) is 11.5 Å². The Morgan fingerprint density at radius 1 is 1.35 bits per heavy atom. The molecule has 0 saturated heterocycles. The fourth-order valence-electron chi connectivity index (χ4n) is 1.56. The number of nitrogens with one attached hydrogen (secondary N) is 1. The molecule has 104 valence electrons. The minimum absolute atomic E-state index is 0.0610. The highest BCUT2D eigenvalue weighted by Gasteiger charge is 2.12. The zero-order valence-electron chi connectivity index (χ0n) is 11.0. The number of hydrogen-bond donors (Lipinski definition) is 1. The molecule has 0 aliphatic carbocycles. The Morgan fingerprint density at radius 2 is 2.15 bits per heavy atom. The van der Waals surface area contributed by atoms with Crippen LogP contribution in [0.2, 0.25) is 0 Å². The van der Waals surface area contributed by atoms with Crippen molar-refractivity contribution in [2.24, 2.45) is 0 Å². The van der Waals surface area contributed by atoms with E-state index in [4.69, 9.17) is 9.15 Å². The smallest absolute Gasteiger partial charge is 0.291 e. The molecule has 1 amide bonds. The third kappa shape index (κ3) is 3.21. The summed E-state index contributed by atoms with van der Waals surface area (Å²) in [5.74, 6) is -0.487. The highest BCUT2D eigenvalue weighted by Crippen LogP contribution is 2.19. The number of carbonyl (C=O) groups excluding carboxylic acids is 1. The van der Waals surface area contributed by atoms with Crippen molar-refractivity contribution in [1.82, 2.24) is 0 Å². The second-order valence-corrected chi connectivity index (χ2v) is 4.74. The molecule has 1 N–H and O–H groups in total. The second-order valence-electron chi connectivity index (χ2n) is 3.86. The van der Waals surface area contributed by atoms with Gasteiger partial charge in [0.1, 0.15) is 6.26 Å². The van der Waals surface area contributed by atoms with Crippen LogP contribution >= 0.6 is 11.8 Å². The first-order valence-corrected chi connectivity index (χ1v) is 6.98. The molecule has 0 aliphatic rings. The van der Waals surface area contributed by atoms with Gasteiger partial charge >= 0.3 is 0 Å². The number of thioether (sulfide) groups is 1. The van der Waals surface area contributed by atoms with Crippen LogP contribution in [0.3, 0.4) is 0 Å². The number of amides is 1. The number of ether oxygens (including phenoxy) is 1. The Labute approximate surface area is 119 Å². The van der Waals surface area contributed by atoms with E-state index < -0.39 is 11.3 Å². The van der Waals surface area contributed by atoms with Crippen LogP contribution in [0.1, 0.15) is 10.6 Å². The molecule has 20 heavy (non-hydrogen) atoms.